The normalized spacial score (nSPS) is 15.0. The number of phenolic OH excluding ortho intramolecular Hbond substituents is 1. The summed E-state index contributed by atoms with van der Waals surface area (Å²) in [5.74, 6) is 3.92. The largest absolute Gasteiger partial charge is 0.508 e. The van der Waals surface area contributed by atoms with E-state index in [1.165, 1.54) is 99.1 Å². The zero-order chi connectivity index (χ0) is 75.7. The summed E-state index contributed by atoms with van der Waals surface area (Å²) in [6, 6.07) is 114. The molecular formula is C99H84O12. The van der Waals surface area contributed by atoms with Crippen LogP contribution in [0.3, 0.4) is 0 Å². The summed E-state index contributed by atoms with van der Waals surface area (Å²) in [6.07, 6.45) is 0. The quantitative estimate of drug-likeness (QED) is 0.0316. The van der Waals surface area contributed by atoms with Crippen molar-refractivity contribution in [3.05, 3.63) is 394 Å². The summed E-state index contributed by atoms with van der Waals surface area (Å²) < 4.78 is 33.9. The Bertz CT molecular complexity index is 5700. The fraction of sp³-hybridized carbons (Fsp3) is 0.152. The molecule has 0 spiro atoms. The van der Waals surface area contributed by atoms with Crippen LogP contribution < -0.4 is 23.7 Å². The molecule has 0 bridgehead atoms. The van der Waals surface area contributed by atoms with E-state index in [1.54, 1.807) is 12.1 Å². The maximum atomic E-state index is 10.1. The molecule has 12 heteroatoms. The van der Waals surface area contributed by atoms with Crippen LogP contribution in [0.25, 0.3) is 65.7 Å². The van der Waals surface area contributed by atoms with Crippen LogP contribution in [0, 0.1) is 0 Å². The molecule has 2 atom stereocenters. The fourth-order valence-corrected chi connectivity index (χ4v) is 17.0. The van der Waals surface area contributed by atoms with Crippen molar-refractivity contribution in [1.82, 2.24) is 0 Å². The highest BCUT2D eigenvalue weighted by molar-refractivity contribution is 5.99. The van der Waals surface area contributed by atoms with Gasteiger partial charge in [-0.05, 0) is 242 Å². The van der Waals surface area contributed by atoms with E-state index >= 15 is 0 Å². The lowest BCUT2D eigenvalue weighted by Gasteiger charge is -2.34. The maximum Gasteiger partial charge on any atom is 0.119 e. The van der Waals surface area contributed by atoms with Gasteiger partial charge in [0.05, 0.1) is 62.5 Å². The molecule has 0 aliphatic heterocycles. The minimum Gasteiger partial charge on any atom is -0.508 e. The third kappa shape index (κ3) is 13.6. The molecule has 552 valence electrons. The van der Waals surface area contributed by atoms with Crippen LogP contribution in [-0.4, -0.2) is 110 Å². The van der Waals surface area contributed by atoms with Crippen molar-refractivity contribution in [3.63, 3.8) is 0 Å². The second kappa shape index (κ2) is 32.4. The molecule has 0 aromatic heterocycles. The monoisotopic (exact) mass is 1460 g/mol. The molecule has 18 rings (SSSR count). The first-order chi connectivity index (χ1) is 54.7. The Morgan fingerprint density at radius 2 is 0.423 bits per heavy atom. The second-order valence-corrected chi connectivity index (χ2v) is 27.8. The Labute approximate surface area is 645 Å². The van der Waals surface area contributed by atoms with Crippen molar-refractivity contribution in [3.8, 4) is 67.9 Å². The van der Waals surface area contributed by atoms with E-state index < -0.39 is 16.2 Å². The second-order valence-electron chi connectivity index (χ2n) is 27.8. The van der Waals surface area contributed by atoms with Gasteiger partial charge in [0.1, 0.15) is 67.5 Å². The first-order valence-corrected chi connectivity index (χ1v) is 37.7. The standard InChI is InChI=1S/C35H32O5.C33H28O4.C31H24O3/c36-17-19-38-21-22-40-30-15-11-28(12-16-30)35(27-9-13-29(14-10-27)39-20-18-37)33-8-4-3-7-31(33)32-23-25-5-1-2-6-26(25)24-34(32)35;34-17-19-36-27-13-9-25(10-14-27)33(26-11-15-28(16-12-26)37-20-18-35)31-8-4-3-7-29(31)30-21-23-5-1-2-6-24(23)22-32(30)33;32-17-18-34-26-15-11-24(12-16-26)31(23-9-13-25(33)14-10-23)29-8-4-3-7-27(29)28-19-21-5-1-2-6-22(21)20-30(28)31/h1-16,23-24,36-37H,17-22H2;1-16,21-22,34-35H,17-20H2;1-16,19-20,32-33H,17-18H2. The smallest absolute Gasteiger partial charge is 0.119 e. The van der Waals surface area contributed by atoms with E-state index in [0.717, 1.165) is 62.1 Å². The van der Waals surface area contributed by atoms with E-state index in [2.05, 4.69) is 243 Å². The summed E-state index contributed by atoms with van der Waals surface area (Å²) in [5.41, 5.74) is 19.9. The lowest BCUT2D eigenvalue weighted by molar-refractivity contribution is 0.0705. The summed E-state index contributed by atoms with van der Waals surface area (Å²) >= 11 is 0. The van der Waals surface area contributed by atoms with Crippen LogP contribution in [0.2, 0.25) is 0 Å². The van der Waals surface area contributed by atoms with Crippen LogP contribution in [0.5, 0.6) is 34.5 Å². The molecule has 6 N–H and O–H groups in total. The van der Waals surface area contributed by atoms with Gasteiger partial charge >= 0.3 is 0 Å². The lowest BCUT2D eigenvalue weighted by atomic mass is 9.67. The molecule has 0 amide bonds. The van der Waals surface area contributed by atoms with E-state index in [4.69, 9.17) is 38.6 Å². The Kier molecular flexibility index (Phi) is 21.3. The number of phenols is 1. The number of fused-ring (bicyclic) bond motifs is 12. The van der Waals surface area contributed by atoms with Crippen LogP contribution in [-0.2, 0) is 21.0 Å². The summed E-state index contributed by atoms with van der Waals surface area (Å²) in [6.45, 7) is 2.10. The first-order valence-electron chi connectivity index (χ1n) is 37.7. The molecule has 0 saturated heterocycles. The van der Waals surface area contributed by atoms with Crippen molar-refractivity contribution >= 4 is 32.3 Å². The summed E-state index contributed by atoms with van der Waals surface area (Å²) in [7, 11) is 0. The predicted molar refractivity (Wildman–Crippen MR) is 439 cm³/mol. The van der Waals surface area contributed by atoms with Gasteiger partial charge < -0.3 is 59.1 Å². The first kappa shape index (κ1) is 72.8. The molecule has 0 fully saturated rings. The van der Waals surface area contributed by atoms with Gasteiger partial charge in [0.15, 0.2) is 0 Å². The average molecular weight is 1470 g/mol. The molecule has 0 heterocycles. The number of hydrogen-bond donors (Lipinski definition) is 6. The molecule has 15 aromatic carbocycles. The topological polar surface area (TPSA) is 177 Å². The maximum absolute atomic E-state index is 10.1. The zero-order valence-corrected chi connectivity index (χ0v) is 61.3. The van der Waals surface area contributed by atoms with E-state index in [9.17, 15) is 20.4 Å². The molecule has 0 radical (unpaired) electrons. The number of aliphatic hydroxyl groups excluding tert-OH is 5. The van der Waals surface area contributed by atoms with E-state index in [-0.39, 0.29) is 65.2 Å². The van der Waals surface area contributed by atoms with Crippen molar-refractivity contribution < 1.29 is 59.1 Å². The van der Waals surface area contributed by atoms with Gasteiger partial charge in [0.2, 0.25) is 0 Å². The van der Waals surface area contributed by atoms with Gasteiger partial charge in [-0.3, -0.25) is 0 Å². The zero-order valence-electron chi connectivity index (χ0n) is 61.3. The van der Waals surface area contributed by atoms with E-state index in [0.29, 0.717) is 19.8 Å². The number of rotatable bonds is 24. The SMILES string of the molecule is OCCOCCOc1ccc(C2(c3ccc(OCCO)cc3)c3ccccc3-c3cc4ccccc4cc32)cc1.OCCOc1ccc(C2(c3ccc(O)cc3)c3ccccc3-c3cc4ccccc4cc32)cc1.OCCOc1ccc(C2(c3ccc(OCCO)cc3)c3ccccc3-c3cc4ccccc4cc32)cc1. The Balaban J connectivity index is 0.000000127. The molecule has 15 aromatic rings. The summed E-state index contributed by atoms with van der Waals surface area (Å²) in [5, 5.41) is 62.9. The van der Waals surface area contributed by atoms with Gasteiger partial charge in [-0.2, -0.15) is 0 Å². The third-order valence-electron chi connectivity index (χ3n) is 21.6. The molecule has 0 saturated carbocycles. The number of hydrogen-bond acceptors (Lipinski definition) is 12. The minimum atomic E-state index is -0.547. The van der Waals surface area contributed by atoms with Gasteiger partial charge in [0.25, 0.3) is 0 Å². The van der Waals surface area contributed by atoms with Crippen LogP contribution in [0.1, 0.15) is 66.8 Å². The number of ether oxygens (including phenoxy) is 6. The highest BCUT2D eigenvalue weighted by atomic mass is 16.5. The van der Waals surface area contributed by atoms with Crippen molar-refractivity contribution in [1.29, 1.82) is 0 Å². The Hall–Kier alpha value is -12.4. The third-order valence-corrected chi connectivity index (χ3v) is 21.6. The Morgan fingerprint density at radius 3 is 0.685 bits per heavy atom. The predicted octanol–water partition coefficient (Wildman–Crippen LogP) is 18.2. The molecule has 3 aliphatic carbocycles. The van der Waals surface area contributed by atoms with Crippen LogP contribution in [0.4, 0.5) is 0 Å². The van der Waals surface area contributed by atoms with Crippen molar-refractivity contribution in [2.45, 2.75) is 16.2 Å². The molecule has 111 heavy (non-hydrogen) atoms. The van der Waals surface area contributed by atoms with Gasteiger partial charge in [-0.1, -0.05) is 218 Å². The molecule has 3 aliphatic rings. The Morgan fingerprint density at radius 1 is 0.198 bits per heavy atom. The van der Waals surface area contributed by atoms with Gasteiger partial charge in [-0.25, -0.2) is 0 Å². The minimum absolute atomic E-state index is 0.00353. The van der Waals surface area contributed by atoms with Crippen LogP contribution >= 0.6 is 0 Å². The molecular weight excluding hydrogens is 1380 g/mol. The molecule has 12 nitrogen and oxygen atoms in total. The lowest BCUT2D eigenvalue weighted by Crippen LogP contribution is -2.28. The van der Waals surface area contributed by atoms with Gasteiger partial charge in [0, 0.05) is 0 Å². The number of aromatic hydroxyl groups is 1. The van der Waals surface area contributed by atoms with Crippen LogP contribution in [0.15, 0.2) is 328 Å². The number of benzene rings is 15. The molecule has 2 unspecified atom stereocenters. The fourth-order valence-electron chi connectivity index (χ4n) is 17.0. The van der Waals surface area contributed by atoms with Crippen molar-refractivity contribution in [2.75, 3.05) is 79.3 Å². The van der Waals surface area contributed by atoms with E-state index in [1.807, 2.05) is 72.8 Å². The highest BCUT2D eigenvalue weighted by Gasteiger charge is 2.49. The van der Waals surface area contributed by atoms with Crippen molar-refractivity contribution in [2.24, 2.45) is 0 Å². The number of aliphatic hydroxyl groups is 5. The average Bonchev–Trinajstić information content (AvgIpc) is 1.56. The van der Waals surface area contributed by atoms with Gasteiger partial charge in [-0.15, -0.1) is 0 Å². The summed E-state index contributed by atoms with van der Waals surface area (Å²) in [4.78, 5) is 0. The highest BCUT2D eigenvalue weighted by Crippen LogP contribution is 2.61.